The van der Waals surface area contributed by atoms with Crippen LogP contribution in [0.4, 0.5) is 0 Å². The lowest BCUT2D eigenvalue weighted by Gasteiger charge is -2.38. The normalized spacial score (nSPS) is 21.9. The van der Waals surface area contributed by atoms with Gasteiger partial charge in [0.25, 0.3) is 0 Å². The quantitative estimate of drug-likeness (QED) is 0.673. The number of rotatable bonds is 6. The molecule has 178 valence electrons. The molecular formula is C26H36N4O3. The molecule has 2 fully saturated rings. The summed E-state index contributed by atoms with van der Waals surface area (Å²) < 4.78 is 5.85. The number of benzene rings is 1. The number of piperidine rings is 1. The second-order valence-corrected chi connectivity index (χ2v) is 9.89. The van der Waals surface area contributed by atoms with Gasteiger partial charge in [0.15, 0.2) is 11.7 Å². The number of likely N-dealkylation sites (tertiary alicyclic amines) is 1. The third-order valence-corrected chi connectivity index (χ3v) is 6.75. The van der Waals surface area contributed by atoms with Crippen molar-refractivity contribution in [2.24, 2.45) is 11.8 Å². The lowest BCUT2D eigenvalue weighted by molar-refractivity contribution is -0.136. The first-order valence-electron chi connectivity index (χ1n) is 12.2. The zero-order valence-electron chi connectivity index (χ0n) is 20.1. The van der Waals surface area contributed by atoms with E-state index in [1.807, 2.05) is 34.1 Å². The van der Waals surface area contributed by atoms with E-state index in [-0.39, 0.29) is 11.8 Å². The van der Waals surface area contributed by atoms with Gasteiger partial charge in [0, 0.05) is 57.7 Å². The molecule has 0 aliphatic carbocycles. The number of hydrogen-bond acceptors (Lipinski definition) is 5. The molecule has 0 bridgehead atoms. The molecule has 2 aliphatic rings. The maximum Gasteiger partial charge on any atom is 0.236 e. The third-order valence-electron chi connectivity index (χ3n) is 6.75. The van der Waals surface area contributed by atoms with Crippen LogP contribution in [-0.2, 0) is 16.0 Å². The van der Waals surface area contributed by atoms with Crippen LogP contribution >= 0.6 is 0 Å². The molecule has 3 heterocycles. The highest BCUT2D eigenvalue weighted by molar-refractivity contribution is 5.79. The van der Waals surface area contributed by atoms with E-state index in [4.69, 9.17) is 4.42 Å². The lowest BCUT2D eigenvalue weighted by Crippen LogP contribution is -2.53. The van der Waals surface area contributed by atoms with Crippen LogP contribution in [0.15, 0.2) is 34.9 Å². The lowest BCUT2D eigenvalue weighted by atomic mass is 9.92. The van der Waals surface area contributed by atoms with Gasteiger partial charge in [-0.05, 0) is 25.2 Å². The van der Waals surface area contributed by atoms with Crippen molar-refractivity contribution in [3.8, 4) is 11.3 Å². The Morgan fingerprint density at radius 2 is 1.64 bits per heavy atom. The third kappa shape index (κ3) is 6.22. The van der Waals surface area contributed by atoms with Crippen molar-refractivity contribution in [3.05, 3.63) is 41.9 Å². The zero-order valence-corrected chi connectivity index (χ0v) is 20.1. The number of oxazole rings is 1. The van der Waals surface area contributed by atoms with Gasteiger partial charge in [0.05, 0.1) is 12.7 Å². The summed E-state index contributed by atoms with van der Waals surface area (Å²) in [5, 5.41) is 0. The smallest absolute Gasteiger partial charge is 0.236 e. The molecule has 2 amide bonds. The number of aryl methyl sites for hydroxylation is 2. The van der Waals surface area contributed by atoms with E-state index in [1.54, 1.807) is 6.20 Å². The molecule has 1 aromatic carbocycles. The second-order valence-electron chi connectivity index (χ2n) is 9.89. The minimum absolute atomic E-state index is 0.120. The van der Waals surface area contributed by atoms with Crippen LogP contribution in [0, 0.1) is 18.8 Å². The van der Waals surface area contributed by atoms with Gasteiger partial charge in [-0.25, -0.2) is 4.98 Å². The molecule has 7 heteroatoms. The summed E-state index contributed by atoms with van der Waals surface area (Å²) >= 11 is 0. The SMILES string of the molecule is Cc1ccc(-c2cnc(CCC(=O)N3CCN(CC(=O)N4CC(C)CC(C)C4)CC3)o2)cc1. The van der Waals surface area contributed by atoms with Gasteiger partial charge in [-0.15, -0.1) is 0 Å². The second kappa shape index (κ2) is 10.5. The van der Waals surface area contributed by atoms with Crippen LogP contribution in [0.25, 0.3) is 11.3 Å². The van der Waals surface area contributed by atoms with Crippen molar-refractivity contribution < 1.29 is 14.0 Å². The van der Waals surface area contributed by atoms with Crippen LogP contribution in [0.2, 0.25) is 0 Å². The highest BCUT2D eigenvalue weighted by Crippen LogP contribution is 2.22. The Bertz CT molecular complexity index is 937. The highest BCUT2D eigenvalue weighted by Gasteiger charge is 2.28. The van der Waals surface area contributed by atoms with Crippen LogP contribution in [0.3, 0.4) is 0 Å². The highest BCUT2D eigenvalue weighted by atomic mass is 16.4. The van der Waals surface area contributed by atoms with Gasteiger partial charge < -0.3 is 14.2 Å². The molecule has 33 heavy (non-hydrogen) atoms. The molecule has 2 saturated heterocycles. The molecule has 2 aromatic rings. The van der Waals surface area contributed by atoms with Crippen molar-refractivity contribution in [1.29, 1.82) is 0 Å². The standard InChI is InChI=1S/C26H36N4O3/c1-19-4-6-22(7-5-19)23-15-27-24(33-23)8-9-25(31)29-12-10-28(11-13-29)18-26(32)30-16-20(2)14-21(3)17-30/h4-7,15,20-21H,8-14,16-18H2,1-3H3. The molecule has 0 N–H and O–H groups in total. The van der Waals surface area contributed by atoms with E-state index in [0.29, 0.717) is 50.2 Å². The predicted molar refractivity (Wildman–Crippen MR) is 128 cm³/mol. The topological polar surface area (TPSA) is 69.9 Å². The van der Waals surface area contributed by atoms with Crippen LogP contribution < -0.4 is 0 Å². The van der Waals surface area contributed by atoms with Gasteiger partial charge >= 0.3 is 0 Å². The number of hydrogen-bond donors (Lipinski definition) is 0. The molecule has 4 rings (SSSR count). The molecule has 0 spiro atoms. The first-order chi connectivity index (χ1) is 15.9. The molecule has 7 nitrogen and oxygen atoms in total. The molecular weight excluding hydrogens is 416 g/mol. The summed E-state index contributed by atoms with van der Waals surface area (Å²) in [7, 11) is 0. The molecule has 0 saturated carbocycles. The van der Waals surface area contributed by atoms with E-state index in [1.165, 1.54) is 12.0 Å². The Labute approximate surface area is 196 Å². The van der Waals surface area contributed by atoms with Gasteiger partial charge in [-0.1, -0.05) is 43.7 Å². The van der Waals surface area contributed by atoms with Crippen molar-refractivity contribution in [3.63, 3.8) is 0 Å². The molecule has 0 radical (unpaired) electrons. The van der Waals surface area contributed by atoms with Crippen molar-refractivity contribution in [2.75, 3.05) is 45.8 Å². The average Bonchev–Trinajstić information content (AvgIpc) is 3.27. The number of carbonyl (C=O) groups excluding carboxylic acids is 2. The number of amides is 2. The molecule has 2 unspecified atom stereocenters. The fourth-order valence-corrected chi connectivity index (χ4v) is 4.96. The zero-order chi connectivity index (χ0) is 23.4. The number of aromatic nitrogens is 1. The Hall–Kier alpha value is -2.67. The van der Waals surface area contributed by atoms with Gasteiger partial charge in [0.2, 0.25) is 11.8 Å². The average molecular weight is 453 g/mol. The summed E-state index contributed by atoms with van der Waals surface area (Å²) in [6.45, 7) is 11.5. The first kappa shape index (κ1) is 23.5. The largest absolute Gasteiger partial charge is 0.441 e. The van der Waals surface area contributed by atoms with Crippen LogP contribution in [0.1, 0.15) is 38.1 Å². The summed E-state index contributed by atoms with van der Waals surface area (Å²) in [5.41, 5.74) is 2.19. The summed E-state index contributed by atoms with van der Waals surface area (Å²) in [6, 6.07) is 8.12. The van der Waals surface area contributed by atoms with Crippen molar-refractivity contribution in [2.45, 2.75) is 40.0 Å². The Kier molecular flexibility index (Phi) is 7.48. The van der Waals surface area contributed by atoms with Crippen LogP contribution in [-0.4, -0.2) is 77.3 Å². The van der Waals surface area contributed by atoms with E-state index in [9.17, 15) is 9.59 Å². The van der Waals surface area contributed by atoms with Gasteiger partial charge in [-0.3, -0.25) is 14.5 Å². The monoisotopic (exact) mass is 452 g/mol. The maximum atomic E-state index is 12.7. The Morgan fingerprint density at radius 1 is 0.970 bits per heavy atom. The first-order valence-corrected chi connectivity index (χ1v) is 12.2. The van der Waals surface area contributed by atoms with Gasteiger partial charge in [-0.2, -0.15) is 0 Å². The maximum absolute atomic E-state index is 12.7. The fourth-order valence-electron chi connectivity index (χ4n) is 4.96. The Balaban J connectivity index is 1.20. The minimum Gasteiger partial charge on any atom is -0.441 e. The Morgan fingerprint density at radius 3 is 2.30 bits per heavy atom. The molecule has 2 atom stereocenters. The summed E-state index contributed by atoms with van der Waals surface area (Å²) in [6.07, 6.45) is 3.81. The van der Waals surface area contributed by atoms with Crippen molar-refractivity contribution >= 4 is 11.8 Å². The van der Waals surface area contributed by atoms with Gasteiger partial charge in [0.1, 0.15) is 0 Å². The predicted octanol–water partition coefficient (Wildman–Crippen LogP) is 3.23. The summed E-state index contributed by atoms with van der Waals surface area (Å²) in [4.78, 5) is 35.9. The van der Waals surface area contributed by atoms with E-state index in [2.05, 4.69) is 30.7 Å². The number of nitrogens with zero attached hydrogens (tertiary/aromatic N) is 4. The van der Waals surface area contributed by atoms with Crippen LogP contribution in [0.5, 0.6) is 0 Å². The van der Waals surface area contributed by atoms with Crippen molar-refractivity contribution in [1.82, 2.24) is 19.7 Å². The minimum atomic E-state index is 0.120. The summed E-state index contributed by atoms with van der Waals surface area (Å²) in [5.74, 6) is 2.81. The van der Waals surface area contributed by atoms with E-state index < -0.39 is 0 Å². The number of piperazine rings is 1. The fraction of sp³-hybridized carbons (Fsp3) is 0.577. The molecule has 1 aromatic heterocycles. The number of carbonyl (C=O) groups is 2. The molecule has 2 aliphatic heterocycles. The van der Waals surface area contributed by atoms with E-state index in [0.717, 1.165) is 37.5 Å². The van der Waals surface area contributed by atoms with E-state index >= 15 is 0 Å².